The van der Waals surface area contributed by atoms with Crippen molar-refractivity contribution < 1.29 is 29.2 Å². The van der Waals surface area contributed by atoms with E-state index in [1.165, 1.54) is 0 Å². The first-order chi connectivity index (χ1) is 10.1. The summed E-state index contributed by atoms with van der Waals surface area (Å²) in [5, 5.41) is 20.8. The lowest BCUT2D eigenvalue weighted by molar-refractivity contribution is -0.131. The minimum Gasteiger partial charge on any atom is -0.488 e. The molecule has 0 amide bonds. The number of fused-ring (bicyclic) bond motifs is 1. The van der Waals surface area contributed by atoms with Crippen LogP contribution >= 0.6 is 0 Å². The monoisotopic (exact) mass is 310 g/mol. The van der Waals surface area contributed by atoms with E-state index in [1.807, 2.05) is 13.8 Å². The molecular formula is C16H22O6. The van der Waals surface area contributed by atoms with Crippen molar-refractivity contribution in [3.05, 3.63) is 11.3 Å². The Hall–Kier alpha value is -0.950. The third-order valence-electron chi connectivity index (χ3n) is 5.17. The van der Waals surface area contributed by atoms with Crippen LogP contribution in [0.2, 0.25) is 0 Å². The van der Waals surface area contributed by atoms with Gasteiger partial charge in [-0.2, -0.15) is 0 Å². The molecule has 0 radical (unpaired) electrons. The van der Waals surface area contributed by atoms with Gasteiger partial charge >= 0.3 is 0 Å². The van der Waals surface area contributed by atoms with Crippen LogP contribution < -0.4 is 0 Å². The van der Waals surface area contributed by atoms with Gasteiger partial charge in [-0.1, -0.05) is 0 Å². The number of aliphatic hydroxyl groups is 2. The summed E-state index contributed by atoms with van der Waals surface area (Å²) in [5.41, 5.74) is -2.01. The second kappa shape index (κ2) is 3.93. The van der Waals surface area contributed by atoms with E-state index >= 15 is 0 Å². The van der Waals surface area contributed by atoms with E-state index in [0.29, 0.717) is 17.8 Å². The highest BCUT2D eigenvalue weighted by atomic mass is 16.7. The van der Waals surface area contributed by atoms with Crippen LogP contribution in [0.15, 0.2) is 11.3 Å². The zero-order valence-corrected chi connectivity index (χ0v) is 13.3. The van der Waals surface area contributed by atoms with Crippen molar-refractivity contribution in [2.75, 3.05) is 0 Å². The van der Waals surface area contributed by atoms with Gasteiger partial charge in [0.2, 0.25) is 0 Å². The van der Waals surface area contributed by atoms with Crippen LogP contribution in [0.1, 0.15) is 40.5 Å². The lowest BCUT2D eigenvalue weighted by Crippen LogP contribution is -2.50. The molecule has 1 spiro atoms. The minimum atomic E-state index is -1.07. The molecule has 6 heteroatoms. The van der Waals surface area contributed by atoms with Crippen molar-refractivity contribution in [3.8, 4) is 0 Å². The topological polar surface area (TPSA) is 88.5 Å². The van der Waals surface area contributed by atoms with E-state index in [-0.39, 0.29) is 18.3 Å². The Kier molecular flexibility index (Phi) is 2.61. The summed E-state index contributed by atoms with van der Waals surface area (Å²) in [6.45, 7) is 7.06. The predicted molar refractivity (Wildman–Crippen MR) is 75.0 cm³/mol. The van der Waals surface area contributed by atoms with E-state index < -0.39 is 35.1 Å². The Morgan fingerprint density at radius 1 is 1.32 bits per heavy atom. The third kappa shape index (κ3) is 1.78. The molecule has 22 heavy (non-hydrogen) atoms. The first kappa shape index (κ1) is 14.6. The molecule has 0 aromatic rings. The number of carbonyl (C=O) groups excluding carboxylic acids is 1. The highest BCUT2D eigenvalue weighted by Crippen LogP contribution is 2.60. The Balaban J connectivity index is 1.72. The molecule has 2 N–H and O–H groups in total. The van der Waals surface area contributed by atoms with Crippen molar-refractivity contribution in [2.24, 2.45) is 0 Å². The highest BCUT2D eigenvalue weighted by Gasteiger charge is 2.75. The van der Waals surface area contributed by atoms with E-state index in [9.17, 15) is 15.0 Å². The molecule has 3 aliphatic heterocycles. The Morgan fingerprint density at radius 2 is 2.00 bits per heavy atom. The summed E-state index contributed by atoms with van der Waals surface area (Å²) in [4.78, 5) is 12.4. The SMILES string of the molecule is CC1(C)CC(=O)C2=C(O1)[C@H]1O[C@]13C[C@@H](C(C)(C)O)O[C@@H]3[C@@H]2O. The number of hydrogen-bond donors (Lipinski definition) is 2. The van der Waals surface area contributed by atoms with Crippen molar-refractivity contribution in [1.29, 1.82) is 0 Å². The Morgan fingerprint density at radius 3 is 2.64 bits per heavy atom. The van der Waals surface area contributed by atoms with Gasteiger partial charge in [0.05, 0.1) is 23.7 Å². The second-order valence-corrected chi connectivity index (χ2v) is 8.04. The maximum absolute atomic E-state index is 12.4. The summed E-state index contributed by atoms with van der Waals surface area (Å²) in [6, 6.07) is 0. The van der Waals surface area contributed by atoms with Crippen molar-refractivity contribution >= 4 is 5.78 Å². The fourth-order valence-electron chi connectivity index (χ4n) is 4.00. The Bertz CT molecular complexity index is 586. The van der Waals surface area contributed by atoms with Crippen LogP contribution in [-0.4, -0.2) is 57.2 Å². The van der Waals surface area contributed by atoms with E-state index in [2.05, 4.69) is 0 Å². The third-order valence-corrected chi connectivity index (χ3v) is 5.17. The average molecular weight is 310 g/mol. The maximum Gasteiger partial charge on any atom is 0.169 e. The van der Waals surface area contributed by atoms with Crippen molar-refractivity contribution in [2.45, 2.75) is 81.8 Å². The van der Waals surface area contributed by atoms with E-state index in [1.54, 1.807) is 13.8 Å². The second-order valence-electron chi connectivity index (χ2n) is 8.04. The first-order valence-corrected chi connectivity index (χ1v) is 7.75. The van der Waals surface area contributed by atoms with Gasteiger partial charge in [0, 0.05) is 6.42 Å². The molecule has 1 aliphatic carbocycles. The number of hydrogen-bond acceptors (Lipinski definition) is 6. The maximum atomic E-state index is 12.4. The zero-order valence-electron chi connectivity index (χ0n) is 13.3. The van der Waals surface area contributed by atoms with Crippen LogP contribution in [0.5, 0.6) is 0 Å². The minimum absolute atomic E-state index is 0.113. The molecule has 2 fully saturated rings. The quantitative estimate of drug-likeness (QED) is 0.684. The van der Waals surface area contributed by atoms with Crippen LogP contribution in [0, 0.1) is 0 Å². The molecule has 4 rings (SSSR count). The number of carbonyl (C=O) groups is 1. The van der Waals surface area contributed by atoms with Gasteiger partial charge in [0.15, 0.2) is 5.78 Å². The van der Waals surface area contributed by atoms with Gasteiger partial charge < -0.3 is 24.4 Å². The molecule has 0 saturated carbocycles. The van der Waals surface area contributed by atoms with Gasteiger partial charge in [0.25, 0.3) is 0 Å². The lowest BCUT2D eigenvalue weighted by Gasteiger charge is -2.38. The summed E-state index contributed by atoms with van der Waals surface area (Å²) < 4.78 is 17.7. The number of ketones is 1. The summed E-state index contributed by atoms with van der Waals surface area (Å²) in [6.07, 6.45) is -1.78. The summed E-state index contributed by atoms with van der Waals surface area (Å²) >= 11 is 0. The standard InChI is InChI=1S/C16H22O6/c1-14(2)5-7(17)9-10(18)12-16(13(22-16)11(9)21-14)6-8(20-12)15(3,4)19/h8,10,12-13,18-19H,5-6H2,1-4H3/t8-,10+,12+,13+,16-/m0/s1. The van der Waals surface area contributed by atoms with Gasteiger partial charge in [-0.05, 0) is 27.7 Å². The summed E-state index contributed by atoms with van der Waals surface area (Å²) in [5.74, 6) is 0.350. The van der Waals surface area contributed by atoms with Crippen LogP contribution in [-0.2, 0) is 19.0 Å². The molecular weight excluding hydrogens is 288 g/mol. The molecule has 0 bridgehead atoms. The van der Waals surface area contributed by atoms with Gasteiger partial charge in [0.1, 0.15) is 35.3 Å². The average Bonchev–Trinajstić information content (AvgIpc) is 2.89. The number of rotatable bonds is 1. The van der Waals surface area contributed by atoms with Crippen molar-refractivity contribution in [3.63, 3.8) is 0 Å². The first-order valence-electron chi connectivity index (χ1n) is 7.75. The van der Waals surface area contributed by atoms with Crippen molar-refractivity contribution in [1.82, 2.24) is 0 Å². The predicted octanol–water partition coefficient (Wildman–Crippen LogP) is 0.449. The molecule has 4 aliphatic rings. The number of ether oxygens (including phenoxy) is 3. The Labute approximate surface area is 129 Å². The molecule has 122 valence electrons. The van der Waals surface area contributed by atoms with Gasteiger partial charge in [-0.25, -0.2) is 0 Å². The van der Waals surface area contributed by atoms with Crippen LogP contribution in [0.3, 0.4) is 0 Å². The zero-order chi connectivity index (χ0) is 16.1. The van der Waals surface area contributed by atoms with E-state index in [4.69, 9.17) is 14.2 Å². The molecule has 3 heterocycles. The molecule has 6 nitrogen and oxygen atoms in total. The fourth-order valence-corrected chi connectivity index (χ4v) is 4.00. The highest BCUT2D eigenvalue weighted by molar-refractivity contribution is 5.99. The smallest absolute Gasteiger partial charge is 0.169 e. The molecule has 0 aromatic carbocycles. The number of epoxide rings is 1. The fraction of sp³-hybridized carbons (Fsp3) is 0.812. The molecule has 0 unspecified atom stereocenters. The number of Topliss-reactive ketones (excluding diaryl/α,β-unsaturated/α-hetero) is 1. The number of aliphatic hydroxyl groups excluding tert-OH is 1. The lowest BCUT2D eigenvalue weighted by atomic mass is 9.77. The van der Waals surface area contributed by atoms with E-state index in [0.717, 1.165) is 0 Å². The molecule has 5 atom stereocenters. The van der Waals surface area contributed by atoms with Gasteiger partial charge in [-0.3, -0.25) is 4.79 Å². The van der Waals surface area contributed by atoms with Crippen LogP contribution in [0.25, 0.3) is 0 Å². The molecule has 0 aromatic heterocycles. The molecule has 2 saturated heterocycles. The van der Waals surface area contributed by atoms with Crippen LogP contribution in [0.4, 0.5) is 0 Å². The van der Waals surface area contributed by atoms with Gasteiger partial charge in [-0.15, -0.1) is 0 Å². The summed E-state index contributed by atoms with van der Waals surface area (Å²) in [7, 11) is 0. The normalized spacial score (nSPS) is 45.8. The largest absolute Gasteiger partial charge is 0.488 e.